The summed E-state index contributed by atoms with van der Waals surface area (Å²) in [7, 11) is 5.08. The molecule has 0 aliphatic carbocycles. The molecule has 3 rings (SSSR count). The second kappa shape index (κ2) is 7.63. The van der Waals surface area contributed by atoms with Crippen LogP contribution >= 0.6 is 0 Å². The van der Waals surface area contributed by atoms with Gasteiger partial charge in [0.15, 0.2) is 0 Å². The van der Waals surface area contributed by atoms with Crippen molar-refractivity contribution < 1.29 is 14.2 Å². The Balaban J connectivity index is 2.22. The molecule has 0 aliphatic heterocycles. The van der Waals surface area contributed by atoms with Crippen LogP contribution in [0.1, 0.15) is 22.3 Å². The monoisotopic (exact) mass is 348 g/mol. The molecule has 0 radical (unpaired) electrons. The minimum Gasteiger partial charge on any atom is -0.497 e. The summed E-state index contributed by atoms with van der Waals surface area (Å²) in [5.41, 5.74) is 3.64. The molecule has 3 heteroatoms. The van der Waals surface area contributed by atoms with Gasteiger partial charge in [0.05, 0.1) is 14.2 Å². The van der Waals surface area contributed by atoms with E-state index in [2.05, 4.69) is 31.2 Å². The van der Waals surface area contributed by atoms with Crippen molar-refractivity contribution in [1.29, 1.82) is 0 Å². The summed E-state index contributed by atoms with van der Waals surface area (Å²) in [5, 5.41) is 0. The number of benzene rings is 3. The van der Waals surface area contributed by atoms with Gasteiger partial charge in [-0.1, -0.05) is 54.1 Å². The summed E-state index contributed by atoms with van der Waals surface area (Å²) < 4.78 is 16.8. The van der Waals surface area contributed by atoms with Gasteiger partial charge in [-0.2, -0.15) is 0 Å². The minimum atomic E-state index is -0.716. The topological polar surface area (TPSA) is 27.7 Å². The van der Waals surface area contributed by atoms with Gasteiger partial charge in [0.25, 0.3) is 0 Å². The molecule has 0 aliphatic rings. The highest BCUT2D eigenvalue weighted by molar-refractivity contribution is 5.50. The van der Waals surface area contributed by atoms with E-state index in [1.807, 2.05) is 48.5 Å². The second-order valence-electron chi connectivity index (χ2n) is 6.21. The number of aryl methyl sites for hydroxylation is 1. The fourth-order valence-electron chi connectivity index (χ4n) is 3.29. The summed E-state index contributed by atoms with van der Waals surface area (Å²) in [4.78, 5) is 0. The average molecular weight is 348 g/mol. The van der Waals surface area contributed by atoms with Gasteiger partial charge < -0.3 is 14.2 Å². The minimum absolute atomic E-state index is 0.716. The molecule has 0 amide bonds. The van der Waals surface area contributed by atoms with Crippen LogP contribution in [0.15, 0.2) is 72.8 Å². The molecule has 134 valence electrons. The molecule has 26 heavy (non-hydrogen) atoms. The Labute approximate surface area is 155 Å². The first-order valence-corrected chi connectivity index (χ1v) is 8.55. The first-order valence-electron chi connectivity index (χ1n) is 8.55. The van der Waals surface area contributed by atoms with Crippen molar-refractivity contribution >= 4 is 0 Å². The van der Waals surface area contributed by atoms with E-state index in [9.17, 15) is 0 Å². The Morgan fingerprint density at radius 3 is 1.19 bits per heavy atom. The fourth-order valence-corrected chi connectivity index (χ4v) is 3.29. The van der Waals surface area contributed by atoms with Gasteiger partial charge in [0, 0.05) is 7.11 Å². The highest BCUT2D eigenvalue weighted by atomic mass is 16.5. The molecule has 3 aromatic rings. The zero-order valence-corrected chi connectivity index (χ0v) is 15.7. The van der Waals surface area contributed by atoms with Gasteiger partial charge >= 0.3 is 0 Å². The highest BCUT2D eigenvalue weighted by Gasteiger charge is 2.36. The van der Waals surface area contributed by atoms with Crippen molar-refractivity contribution in [2.75, 3.05) is 21.3 Å². The van der Waals surface area contributed by atoms with Crippen molar-refractivity contribution in [2.24, 2.45) is 0 Å². The fraction of sp³-hybridized carbons (Fsp3) is 0.217. The molecule has 0 heterocycles. The Morgan fingerprint density at radius 2 is 0.885 bits per heavy atom. The Bertz CT molecular complexity index is 787. The first kappa shape index (κ1) is 18.0. The van der Waals surface area contributed by atoms with Crippen LogP contribution in [-0.4, -0.2) is 21.3 Å². The lowest BCUT2D eigenvalue weighted by atomic mass is 9.80. The lowest BCUT2D eigenvalue weighted by molar-refractivity contribution is 0.0584. The molecule has 0 fully saturated rings. The SMILES string of the molecule is COc1ccc(C(OC)(c2ccc(C)cc2)c2ccc(OC)cc2)cc1. The van der Waals surface area contributed by atoms with Crippen LogP contribution in [0.25, 0.3) is 0 Å². The summed E-state index contributed by atoms with van der Waals surface area (Å²) in [6.45, 7) is 2.08. The van der Waals surface area contributed by atoms with Crippen molar-refractivity contribution in [3.63, 3.8) is 0 Å². The normalized spacial score (nSPS) is 11.2. The second-order valence-corrected chi connectivity index (χ2v) is 6.21. The Kier molecular flexibility index (Phi) is 5.29. The maximum Gasteiger partial charge on any atom is 0.143 e. The first-order chi connectivity index (χ1) is 12.6. The molecule has 0 saturated heterocycles. The van der Waals surface area contributed by atoms with Crippen molar-refractivity contribution in [3.05, 3.63) is 95.1 Å². The zero-order valence-electron chi connectivity index (χ0n) is 15.7. The molecule has 0 saturated carbocycles. The van der Waals surface area contributed by atoms with Gasteiger partial charge in [-0.25, -0.2) is 0 Å². The third kappa shape index (κ3) is 3.18. The number of hydrogen-bond donors (Lipinski definition) is 0. The molecule has 0 unspecified atom stereocenters. The van der Waals surface area contributed by atoms with Crippen molar-refractivity contribution in [1.82, 2.24) is 0 Å². The lowest BCUT2D eigenvalue weighted by Gasteiger charge is -2.34. The molecule has 0 aromatic heterocycles. The number of ether oxygens (including phenoxy) is 3. The van der Waals surface area contributed by atoms with E-state index in [1.165, 1.54) is 5.56 Å². The maximum atomic E-state index is 6.20. The van der Waals surface area contributed by atoms with E-state index in [1.54, 1.807) is 21.3 Å². The smallest absolute Gasteiger partial charge is 0.143 e. The molecule has 0 spiro atoms. The van der Waals surface area contributed by atoms with Crippen LogP contribution in [0.3, 0.4) is 0 Å². The quantitative estimate of drug-likeness (QED) is 0.590. The highest BCUT2D eigenvalue weighted by Crippen LogP contribution is 2.41. The third-order valence-corrected chi connectivity index (χ3v) is 4.76. The van der Waals surface area contributed by atoms with Crippen LogP contribution in [0.4, 0.5) is 0 Å². The molecule has 3 nitrogen and oxygen atoms in total. The summed E-state index contributed by atoms with van der Waals surface area (Å²) in [6, 6.07) is 24.5. The lowest BCUT2D eigenvalue weighted by Crippen LogP contribution is -2.31. The van der Waals surface area contributed by atoms with E-state index in [0.717, 1.165) is 28.2 Å². The molecular formula is C23H24O3. The van der Waals surface area contributed by atoms with Gasteiger partial charge in [0.1, 0.15) is 17.1 Å². The van der Waals surface area contributed by atoms with Gasteiger partial charge in [0.2, 0.25) is 0 Å². The summed E-state index contributed by atoms with van der Waals surface area (Å²) in [6.07, 6.45) is 0. The third-order valence-electron chi connectivity index (χ3n) is 4.76. The van der Waals surface area contributed by atoms with Crippen LogP contribution in [0.5, 0.6) is 11.5 Å². The molecular weight excluding hydrogens is 324 g/mol. The average Bonchev–Trinajstić information content (AvgIpc) is 2.71. The van der Waals surface area contributed by atoms with Crippen molar-refractivity contribution in [3.8, 4) is 11.5 Å². The molecule has 0 bridgehead atoms. The van der Waals surface area contributed by atoms with E-state index < -0.39 is 5.60 Å². The maximum absolute atomic E-state index is 6.20. The Morgan fingerprint density at radius 1 is 0.538 bits per heavy atom. The van der Waals surface area contributed by atoms with Crippen LogP contribution in [-0.2, 0) is 10.3 Å². The largest absolute Gasteiger partial charge is 0.497 e. The van der Waals surface area contributed by atoms with E-state index >= 15 is 0 Å². The van der Waals surface area contributed by atoms with E-state index in [-0.39, 0.29) is 0 Å². The van der Waals surface area contributed by atoms with Crippen molar-refractivity contribution in [2.45, 2.75) is 12.5 Å². The van der Waals surface area contributed by atoms with Crippen LogP contribution < -0.4 is 9.47 Å². The standard InChI is InChI=1S/C23H24O3/c1-17-5-7-18(8-6-17)23(26-4,19-9-13-21(24-2)14-10-19)20-11-15-22(25-3)16-12-20/h5-16H,1-4H3. The predicted molar refractivity (Wildman–Crippen MR) is 104 cm³/mol. The molecule has 0 atom stereocenters. The summed E-state index contributed by atoms with van der Waals surface area (Å²) >= 11 is 0. The van der Waals surface area contributed by atoms with Gasteiger partial charge in [-0.3, -0.25) is 0 Å². The Hall–Kier alpha value is -2.78. The number of methoxy groups -OCH3 is 3. The van der Waals surface area contributed by atoms with E-state index in [0.29, 0.717) is 0 Å². The number of hydrogen-bond acceptors (Lipinski definition) is 3. The van der Waals surface area contributed by atoms with E-state index in [4.69, 9.17) is 14.2 Å². The van der Waals surface area contributed by atoms with Crippen LogP contribution in [0.2, 0.25) is 0 Å². The van der Waals surface area contributed by atoms with Gasteiger partial charge in [-0.05, 0) is 47.9 Å². The van der Waals surface area contributed by atoms with Crippen LogP contribution in [0, 0.1) is 6.92 Å². The zero-order chi connectivity index (χ0) is 18.6. The molecule has 3 aromatic carbocycles. The van der Waals surface area contributed by atoms with Gasteiger partial charge in [-0.15, -0.1) is 0 Å². The molecule has 0 N–H and O–H groups in total. The summed E-state index contributed by atoms with van der Waals surface area (Å²) in [5.74, 6) is 1.63. The predicted octanol–water partition coefficient (Wildman–Crippen LogP) is 4.95. The number of rotatable bonds is 6.